The smallest absolute Gasteiger partial charge is 0.191 e. The molecule has 1 fully saturated rings. The Hall–Kier alpha value is -1.30. The van der Waals surface area contributed by atoms with Crippen molar-refractivity contribution in [2.45, 2.75) is 26.3 Å². The Morgan fingerprint density at radius 3 is 2.62 bits per heavy atom. The molecule has 0 amide bonds. The van der Waals surface area contributed by atoms with Gasteiger partial charge in [0.2, 0.25) is 0 Å². The highest BCUT2D eigenvalue weighted by molar-refractivity contribution is 6.30. The molecule has 1 unspecified atom stereocenters. The largest absolute Gasteiger partial charge is 0.379 e. The Balaban J connectivity index is 1.78. The van der Waals surface area contributed by atoms with Crippen molar-refractivity contribution in [2.75, 3.05) is 45.9 Å². The number of hydrogen-bond donors (Lipinski definition) is 2. The van der Waals surface area contributed by atoms with Gasteiger partial charge in [0, 0.05) is 37.2 Å². The number of benzene rings is 1. The molecule has 0 spiro atoms. The van der Waals surface area contributed by atoms with Crippen molar-refractivity contribution in [2.24, 2.45) is 4.99 Å². The SMILES string of the molecule is CCNC(=NCC(C)N1CCOCC1)NCCc1ccc(Cl)cc1. The summed E-state index contributed by atoms with van der Waals surface area (Å²) in [5.74, 6) is 0.881. The number of halogens is 1. The van der Waals surface area contributed by atoms with Crippen LogP contribution in [-0.2, 0) is 11.2 Å². The molecule has 1 aromatic carbocycles. The molecule has 24 heavy (non-hydrogen) atoms. The molecule has 0 aliphatic carbocycles. The summed E-state index contributed by atoms with van der Waals surface area (Å²) in [4.78, 5) is 7.16. The van der Waals surface area contributed by atoms with Crippen molar-refractivity contribution >= 4 is 17.6 Å². The number of ether oxygens (including phenoxy) is 1. The first-order valence-electron chi connectivity index (χ1n) is 8.77. The van der Waals surface area contributed by atoms with Gasteiger partial charge in [0.1, 0.15) is 0 Å². The number of nitrogens with one attached hydrogen (secondary N) is 2. The molecule has 1 saturated heterocycles. The van der Waals surface area contributed by atoms with Crippen LogP contribution >= 0.6 is 11.6 Å². The van der Waals surface area contributed by atoms with Crippen LogP contribution in [-0.4, -0.2) is 62.8 Å². The lowest BCUT2D eigenvalue weighted by Gasteiger charge is -2.31. The molecule has 5 nitrogen and oxygen atoms in total. The molecule has 6 heteroatoms. The quantitative estimate of drug-likeness (QED) is 0.583. The standard InChI is InChI=1S/C18H29ClN4O/c1-3-20-18(21-9-8-16-4-6-17(19)7-5-16)22-14-15(2)23-10-12-24-13-11-23/h4-7,15H,3,8-14H2,1-2H3,(H2,20,21,22). The predicted octanol–water partition coefficient (Wildman–Crippen LogP) is 2.16. The monoisotopic (exact) mass is 352 g/mol. The number of morpholine rings is 1. The molecule has 2 N–H and O–H groups in total. The molecular weight excluding hydrogens is 324 g/mol. The van der Waals surface area contributed by atoms with E-state index in [4.69, 9.17) is 21.3 Å². The third-order valence-electron chi connectivity index (χ3n) is 4.15. The molecular formula is C18H29ClN4O. The third-order valence-corrected chi connectivity index (χ3v) is 4.40. The van der Waals surface area contributed by atoms with Crippen LogP contribution in [0.2, 0.25) is 5.02 Å². The first-order chi connectivity index (χ1) is 11.7. The van der Waals surface area contributed by atoms with Gasteiger partial charge in [0.15, 0.2) is 5.96 Å². The molecule has 134 valence electrons. The molecule has 1 aliphatic rings. The van der Waals surface area contributed by atoms with Crippen LogP contribution in [0.3, 0.4) is 0 Å². The second-order valence-corrected chi connectivity index (χ2v) is 6.46. The van der Waals surface area contributed by atoms with E-state index in [9.17, 15) is 0 Å². The average molecular weight is 353 g/mol. The number of guanidine groups is 1. The highest BCUT2D eigenvalue weighted by Crippen LogP contribution is 2.09. The zero-order chi connectivity index (χ0) is 17.2. The van der Waals surface area contributed by atoms with Gasteiger partial charge in [-0.05, 0) is 38.0 Å². The van der Waals surface area contributed by atoms with Crippen molar-refractivity contribution < 1.29 is 4.74 Å². The van der Waals surface area contributed by atoms with Crippen LogP contribution in [0.5, 0.6) is 0 Å². The van der Waals surface area contributed by atoms with Gasteiger partial charge in [-0.2, -0.15) is 0 Å². The fraction of sp³-hybridized carbons (Fsp3) is 0.611. The van der Waals surface area contributed by atoms with Crippen molar-refractivity contribution in [3.8, 4) is 0 Å². The minimum atomic E-state index is 0.431. The summed E-state index contributed by atoms with van der Waals surface area (Å²) in [5, 5.41) is 7.49. The summed E-state index contributed by atoms with van der Waals surface area (Å²) in [6, 6.07) is 8.42. The van der Waals surface area contributed by atoms with E-state index in [1.54, 1.807) is 0 Å². The first-order valence-corrected chi connectivity index (χ1v) is 9.15. The molecule has 1 aromatic rings. The van der Waals surface area contributed by atoms with Crippen molar-refractivity contribution in [3.63, 3.8) is 0 Å². The minimum Gasteiger partial charge on any atom is -0.379 e. The van der Waals surface area contributed by atoms with E-state index in [2.05, 4.69) is 41.5 Å². The first kappa shape index (κ1) is 19.0. The molecule has 2 rings (SSSR count). The van der Waals surface area contributed by atoms with Crippen LogP contribution in [0, 0.1) is 0 Å². The number of nitrogens with zero attached hydrogens (tertiary/aromatic N) is 2. The van der Waals surface area contributed by atoms with E-state index < -0.39 is 0 Å². The topological polar surface area (TPSA) is 48.9 Å². The molecule has 0 aromatic heterocycles. The summed E-state index contributed by atoms with van der Waals surface area (Å²) < 4.78 is 5.41. The molecule has 1 atom stereocenters. The Labute approximate surface area is 150 Å². The molecule has 0 bridgehead atoms. The summed E-state index contributed by atoms with van der Waals surface area (Å²) in [6.07, 6.45) is 0.945. The Morgan fingerprint density at radius 2 is 1.96 bits per heavy atom. The Kier molecular flexibility index (Phi) is 8.36. The van der Waals surface area contributed by atoms with Crippen LogP contribution < -0.4 is 10.6 Å². The third kappa shape index (κ3) is 6.67. The summed E-state index contributed by atoms with van der Waals surface area (Å²) in [6.45, 7) is 10.5. The average Bonchev–Trinajstić information content (AvgIpc) is 2.62. The lowest BCUT2D eigenvalue weighted by atomic mass is 10.1. The molecule has 0 saturated carbocycles. The normalized spacial score (nSPS) is 17.5. The number of rotatable bonds is 7. The van der Waals surface area contributed by atoms with Crippen molar-refractivity contribution in [1.29, 1.82) is 0 Å². The van der Waals surface area contributed by atoms with Gasteiger partial charge < -0.3 is 15.4 Å². The van der Waals surface area contributed by atoms with Gasteiger partial charge in [-0.3, -0.25) is 9.89 Å². The minimum absolute atomic E-state index is 0.431. The lowest BCUT2D eigenvalue weighted by molar-refractivity contribution is 0.0220. The second-order valence-electron chi connectivity index (χ2n) is 6.02. The highest BCUT2D eigenvalue weighted by atomic mass is 35.5. The molecule has 0 radical (unpaired) electrons. The summed E-state index contributed by atoms with van der Waals surface area (Å²) >= 11 is 5.92. The number of aliphatic imine (C=N–C) groups is 1. The van der Waals surface area contributed by atoms with Crippen LogP contribution in [0.25, 0.3) is 0 Å². The molecule has 1 heterocycles. The summed E-state index contributed by atoms with van der Waals surface area (Å²) in [7, 11) is 0. The van der Waals surface area contributed by atoms with Gasteiger partial charge in [-0.1, -0.05) is 23.7 Å². The van der Waals surface area contributed by atoms with Gasteiger partial charge in [-0.15, -0.1) is 0 Å². The fourth-order valence-corrected chi connectivity index (χ4v) is 2.80. The highest BCUT2D eigenvalue weighted by Gasteiger charge is 2.16. The Bertz CT molecular complexity index is 500. The van der Waals surface area contributed by atoms with E-state index in [0.717, 1.165) is 63.3 Å². The van der Waals surface area contributed by atoms with E-state index in [-0.39, 0.29) is 0 Å². The van der Waals surface area contributed by atoms with Crippen molar-refractivity contribution in [3.05, 3.63) is 34.9 Å². The van der Waals surface area contributed by atoms with Crippen LogP contribution in [0.1, 0.15) is 19.4 Å². The maximum absolute atomic E-state index is 5.92. The summed E-state index contributed by atoms with van der Waals surface area (Å²) in [5.41, 5.74) is 1.27. The van der Waals surface area contributed by atoms with E-state index in [0.29, 0.717) is 6.04 Å². The maximum atomic E-state index is 5.92. The van der Waals surface area contributed by atoms with Gasteiger partial charge in [0.05, 0.1) is 19.8 Å². The van der Waals surface area contributed by atoms with E-state index >= 15 is 0 Å². The van der Waals surface area contributed by atoms with Gasteiger partial charge in [0.25, 0.3) is 0 Å². The van der Waals surface area contributed by atoms with E-state index in [1.807, 2.05) is 12.1 Å². The fourth-order valence-electron chi connectivity index (χ4n) is 2.68. The van der Waals surface area contributed by atoms with E-state index in [1.165, 1.54) is 5.56 Å². The lowest BCUT2D eigenvalue weighted by Crippen LogP contribution is -2.44. The van der Waals surface area contributed by atoms with Crippen LogP contribution in [0.4, 0.5) is 0 Å². The Morgan fingerprint density at radius 1 is 1.25 bits per heavy atom. The number of hydrogen-bond acceptors (Lipinski definition) is 3. The zero-order valence-electron chi connectivity index (χ0n) is 14.7. The maximum Gasteiger partial charge on any atom is 0.191 e. The van der Waals surface area contributed by atoms with Crippen LogP contribution in [0.15, 0.2) is 29.3 Å². The van der Waals surface area contributed by atoms with Crippen molar-refractivity contribution in [1.82, 2.24) is 15.5 Å². The van der Waals surface area contributed by atoms with Gasteiger partial charge >= 0.3 is 0 Å². The molecule has 1 aliphatic heterocycles. The predicted molar refractivity (Wildman–Crippen MR) is 101 cm³/mol. The zero-order valence-corrected chi connectivity index (χ0v) is 15.5. The second kappa shape index (κ2) is 10.5. The van der Waals surface area contributed by atoms with Gasteiger partial charge in [-0.25, -0.2) is 0 Å².